The minimum Gasteiger partial charge on any atom is -0.383 e. The van der Waals surface area contributed by atoms with Crippen LogP contribution < -0.4 is 5.32 Å². The Kier molecular flexibility index (Phi) is 8.01. The van der Waals surface area contributed by atoms with Gasteiger partial charge in [0, 0.05) is 45.1 Å². The molecule has 0 aliphatic carbocycles. The largest absolute Gasteiger partial charge is 0.383 e. The third-order valence-electron chi connectivity index (χ3n) is 3.76. The highest BCUT2D eigenvalue weighted by Crippen LogP contribution is 2.08. The van der Waals surface area contributed by atoms with E-state index in [4.69, 9.17) is 4.74 Å². The van der Waals surface area contributed by atoms with Crippen molar-refractivity contribution in [3.8, 4) is 0 Å². The van der Waals surface area contributed by atoms with Crippen molar-refractivity contribution in [2.24, 2.45) is 0 Å². The number of carbonyl (C=O) groups is 1. The molecule has 0 aliphatic rings. The number of hydrogen-bond donors (Lipinski definition) is 1. The molecule has 2 rings (SSSR count). The van der Waals surface area contributed by atoms with Crippen LogP contribution >= 0.6 is 0 Å². The zero-order valence-electron chi connectivity index (χ0n) is 14.5. The molecule has 1 amide bonds. The molecule has 134 valence electrons. The van der Waals surface area contributed by atoms with Crippen LogP contribution in [0.4, 0.5) is 4.39 Å². The van der Waals surface area contributed by atoms with Crippen molar-refractivity contribution in [1.29, 1.82) is 0 Å². The van der Waals surface area contributed by atoms with Crippen molar-refractivity contribution in [2.45, 2.75) is 13.0 Å². The van der Waals surface area contributed by atoms with Crippen LogP contribution in [0.25, 0.3) is 0 Å². The number of carbonyl (C=O) groups excluding carboxylic acids is 1. The van der Waals surface area contributed by atoms with E-state index in [1.165, 1.54) is 12.1 Å². The molecule has 1 aromatic carbocycles. The van der Waals surface area contributed by atoms with Gasteiger partial charge in [-0.25, -0.2) is 4.39 Å². The van der Waals surface area contributed by atoms with E-state index >= 15 is 0 Å². The predicted molar refractivity (Wildman–Crippen MR) is 94.5 cm³/mol. The smallest absolute Gasteiger partial charge is 0.236 e. The van der Waals surface area contributed by atoms with E-state index in [9.17, 15) is 9.18 Å². The molecule has 5 nitrogen and oxygen atoms in total. The van der Waals surface area contributed by atoms with E-state index in [0.717, 1.165) is 11.3 Å². The van der Waals surface area contributed by atoms with Crippen molar-refractivity contribution in [2.75, 3.05) is 33.4 Å². The average Bonchev–Trinajstić information content (AvgIpc) is 2.64. The summed E-state index contributed by atoms with van der Waals surface area (Å²) >= 11 is 0. The first-order valence-corrected chi connectivity index (χ1v) is 8.31. The van der Waals surface area contributed by atoms with Gasteiger partial charge in [0.05, 0.1) is 13.2 Å². The normalized spacial score (nSPS) is 10.6. The Morgan fingerprint density at radius 2 is 2.04 bits per heavy atom. The molecule has 1 aromatic heterocycles. The molecule has 0 radical (unpaired) electrons. The first kappa shape index (κ1) is 19.0. The number of pyridine rings is 1. The maximum atomic E-state index is 13.1. The number of ether oxygens (including phenoxy) is 1. The topological polar surface area (TPSA) is 54.5 Å². The molecule has 0 fully saturated rings. The molecule has 25 heavy (non-hydrogen) atoms. The standard InChI is InChI=1S/C19H24FN3O2/c1-25-13-11-21-14-19(24)23(12-9-18-4-2-3-10-22-18)15-16-5-7-17(20)8-6-16/h2-8,10,21H,9,11-15H2,1H3. The maximum Gasteiger partial charge on any atom is 0.236 e. The monoisotopic (exact) mass is 345 g/mol. The number of aromatic nitrogens is 1. The number of nitrogens with zero attached hydrogens (tertiary/aromatic N) is 2. The van der Waals surface area contributed by atoms with Gasteiger partial charge in [0.15, 0.2) is 0 Å². The third kappa shape index (κ3) is 6.99. The number of nitrogens with one attached hydrogen (secondary N) is 1. The molecule has 2 aromatic rings. The fourth-order valence-corrected chi connectivity index (χ4v) is 2.38. The highest BCUT2D eigenvalue weighted by atomic mass is 19.1. The number of methoxy groups -OCH3 is 1. The van der Waals surface area contributed by atoms with Gasteiger partial charge in [-0.15, -0.1) is 0 Å². The van der Waals surface area contributed by atoms with Crippen LogP contribution in [0.2, 0.25) is 0 Å². The van der Waals surface area contributed by atoms with Gasteiger partial charge in [0.1, 0.15) is 5.82 Å². The Balaban J connectivity index is 1.96. The number of benzene rings is 1. The number of rotatable bonds is 10. The molecular formula is C19H24FN3O2. The third-order valence-corrected chi connectivity index (χ3v) is 3.76. The Labute approximate surface area is 147 Å². The molecule has 6 heteroatoms. The fraction of sp³-hybridized carbons (Fsp3) is 0.368. The van der Waals surface area contributed by atoms with Crippen LogP contribution in [0.1, 0.15) is 11.3 Å². The molecule has 0 bridgehead atoms. The molecule has 0 unspecified atom stereocenters. The van der Waals surface area contributed by atoms with E-state index in [-0.39, 0.29) is 18.3 Å². The zero-order valence-corrected chi connectivity index (χ0v) is 14.5. The SMILES string of the molecule is COCCNCC(=O)N(CCc1ccccn1)Cc1ccc(F)cc1. The molecule has 0 saturated heterocycles. The molecular weight excluding hydrogens is 321 g/mol. The van der Waals surface area contributed by atoms with Gasteiger partial charge in [0.25, 0.3) is 0 Å². The number of amides is 1. The second-order valence-corrected chi connectivity index (χ2v) is 5.68. The molecule has 0 atom stereocenters. The van der Waals surface area contributed by atoms with Crippen LogP contribution in [-0.2, 0) is 22.5 Å². The summed E-state index contributed by atoms with van der Waals surface area (Å²) in [6, 6.07) is 12.0. The Hall–Kier alpha value is -2.31. The number of halogens is 1. The van der Waals surface area contributed by atoms with Crippen molar-refractivity contribution in [3.63, 3.8) is 0 Å². The highest BCUT2D eigenvalue weighted by Gasteiger charge is 2.14. The Morgan fingerprint density at radius 1 is 1.24 bits per heavy atom. The summed E-state index contributed by atoms with van der Waals surface area (Å²) < 4.78 is 18.0. The lowest BCUT2D eigenvalue weighted by molar-refractivity contribution is -0.130. The first-order chi connectivity index (χ1) is 12.2. The average molecular weight is 345 g/mol. The van der Waals surface area contributed by atoms with Gasteiger partial charge < -0.3 is 15.0 Å². The highest BCUT2D eigenvalue weighted by molar-refractivity contribution is 5.78. The zero-order chi connectivity index (χ0) is 17.9. The summed E-state index contributed by atoms with van der Waals surface area (Å²) in [7, 11) is 1.62. The Morgan fingerprint density at radius 3 is 2.72 bits per heavy atom. The minimum absolute atomic E-state index is 0.00337. The van der Waals surface area contributed by atoms with Gasteiger partial charge in [-0.1, -0.05) is 18.2 Å². The summed E-state index contributed by atoms with van der Waals surface area (Å²) in [4.78, 5) is 18.6. The number of hydrogen-bond acceptors (Lipinski definition) is 4. The molecule has 0 aliphatic heterocycles. The minimum atomic E-state index is -0.281. The van der Waals surface area contributed by atoms with Crippen LogP contribution in [0.3, 0.4) is 0 Å². The Bertz CT molecular complexity index is 635. The lowest BCUT2D eigenvalue weighted by Crippen LogP contribution is -2.39. The fourth-order valence-electron chi connectivity index (χ4n) is 2.38. The van der Waals surface area contributed by atoms with E-state index in [0.29, 0.717) is 32.7 Å². The lowest BCUT2D eigenvalue weighted by Gasteiger charge is -2.23. The van der Waals surface area contributed by atoms with Crippen LogP contribution in [-0.4, -0.2) is 49.1 Å². The van der Waals surface area contributed by atoms with E-state index < -0.39 is 0 Å². The predicted octanol–water partition coefficient (Wildman–Crippen LogP) is 2.03. The molecule has 1 heterocycles. The summed E-state index contributed by atoms with van der Waals surface area (Å²) in [6.07, 6.45) is 2.42. The second-order valence-electron chi connectivity index (χ2n) is 5.68. The van der Waals surface area contributed by atoms with Gasteiger partial charge in [0.2, 0.25) is 5.91 Å². The lowest BCUT2D eigenvalue weighted by atomic mass is 10.2. The maximum absolute atomic E-state index is 13.1. The van der Waals surface area contributed by atoms with Gasteiger partial charge in [-0.05, 0) is 29.8 Å². The van der Waals surface area contributed by atoms with Gasteiger partial charge in [-0.2, -0.15) is 0 Å². The van der Waals surface area contributed by atoms with Gasteiger partial charge in [-0.3, -0.25) is 9.78 Å². The molecule has 0 spiro atoms. The molecule has 0 saturated carbocycles. The van der Waals surface area contributed by atoms with Crippen molar-refractivity contribution < 1.29 is 13.9 Å². The summed E-state index contributed by atoms with van der Waals surface area (Å²) in [5.74, 6) is -0.285. The van der Waals surface area contributed by atoms with E-state index in [1.54, 1.807) is 30.3 Å². The van der Waals surface area contributed by atoms with E-state index in [1.807, 2.05) is 18.2 Å². The van der Waals surface area contributed by atoms with Gasteiger partial charge >= 0.3 is 0 Å². The molecule has 1 N–H and O–H groups in total. The van der Waals surface area contributed by atoms with Crippen molar-refractivity contribution in [1.82, 2.24) is 15.2 Å². The van der Waals surface area contributed by atoms with Crippen LogP contribution in [0.15, 0.2) is 48.7 Å². The van der Waals surface area contributed by atoms with Crippen LogP contribution in [0, 0.1) is 5.82 Å². The summed E-state index contributed by atoms with van der Waals surface area (Å²) in [5, 5.41) is 3.07. The summed E-state index contributed by atoms with van der Waals surface area (Å²) in [6.45, 7) is 2.41. The van der Waals surface area contributed by atoms with Crippen LogP contribution in [0.5, 0.6) is 0 Å². The summed E-state index contributed by atoms with van der Waals surface area (Å²) in [5.41, 5.74) is 1.83. The van der Waals surface area contributed by atoms with Crippen molar-refractivity contribution in [3.05, 3.63) is 65.7 Å². The van der Waals surface area contributed by atoms with Crippen molar-refractivity contribution >= 4 is 5.91 Å². The second kappa shape index (κ2) is 10.5. The quantitative estimate of drug-likeness (QED) is 0.670. The first-order valence-electron chi connectivity index (χ1n) is 8.31. The van der Waals surface area contributed by atoms with E-state index in [2.05, 4.69) is 10.3 Å².